The highest BCUT2D eigenvalue weighted by Gasteiger charge is 2.15. The Morgan fingerprint density at radius 3 is 2.32 bits per heavy atom. The van der Waals surface area contributed by atoms with E-state index in [4.69, 9.17) is 9.47 Å². The number of ether oxygens (including phenoxy) is 2. The lowest BCUT2D eigenvalue weighted by Gasteiger charge is -2.15. The molecule has 25 heavy (non-hydrogen) atoms. The van der Waals surface area contributed by atoms with Gasteiger partial charge >= 0.3 is 5.97 Å². The number of rotatable bonds is 6. The number of amides is 1. The predicted octanol–water partition coefficient (Wildman–Crippen LogP) is 4.42. The van der Waals surface area contributed by atoms with Gasteiger partial charge in [0.1, 0.15) is 5.75 Å². The maximum absolute atomic E-state index is 12.2. The molecular formula is C19H20BrNO4. The summed E-state index contributed by atoms with van der Waals surface area (Å²) >= 11 is 3.36. The summed E-state index contributed by atoms with van der Waals surface area (Å²) in [6.45, 7) is 5.25. The van der Waals surface area contributed by atoms with Gasteiger partial charge in [-0.05, 0) is 63.2 Å². The van der Waals surface area contributed by atoms with Gasteiger partial charge in [0.2, 0.25) is 0 Å². The summed E-state index contributed by atoms with van der Waals surface area (Å²) < 4.78 is 11.6. The molecule has 132 valence electrons. The number of anilines is 1. The second-order valence-electron chi connectivity index (χ2n) is 5.74. The Bertz CT molecular complexity index is 743. The topological polar surface area (TPSA) is 64.6 Å². The standard InChI is InChI=1S/C19H20BrNO4/c1-12(2)24-19(23)14-7-9-16(10-8-14)21-18(22)13(3)25-17-6-4-5-15(20)11-17/h4-13H,1-3H3,(H,21,22)/t13-/m0/s1. The second kappa shape index (κ2) is 8.67. The largest absolute Gasteiger partial charge is 0.481 e. The van der Waals surface area contributed by atoms with Crippen LogP contribution in [0.4, 0.5) is 5.69 Å². The Morgan fingerprint density at radius 1 is 1.04 bits per heavy atom. The van der Waals surface area contributed by atoms with E-state index in [9.17, 15) is 9.59 Å². The highest BCUT2D eigenvalue weighted by molar-refractivity contribution is 9.10. The number of hydrogen-bond donors (Lipinski definition) is 1. The molecule has 0 saturated carbocycles. The molecule has 0 bridgehead atoms. The molecule has 0 unspecified atom stereocenters. The molecule has 2 aromatic rings. The van der Waals surface area contributed by atoms with Crippen LogP contribution in [0.5, 0.6) is 5.75 Å². The van der Waals surface area contributed by atoms with E-state index in [1.54, 1.807) is 57.2 Å². The van der Waals surface area contributed by atoms with Crippen molar-refractivity contribution in [1.29, 1.82) is 0 Å². The third-order valence-corrected chi connectivity index (χ3v) is 3.70. The molecule has 6 heteroatoms. The molecule has 0 aliphatic carbocycles. The third-order valence-electron chi connectivity index (χ3n) is 3.21. The van der Waals surface area contributed by atoms with Gasteiger partial charge in [0.05, 0.1) is 11.7 Å². The fourth-order valence-corrected chi connectivity index (χ4v) is 2.39. The molecule has 1 N–H and O–H groups in total. The molecule has 2 aromatic carbocycles. The lowest BCUT2D eigenvalue weighted by atomic mass is 10.2. The molecule has 2 rings (SSSR count). The summed E-state index contributed by atoms with van der Waals surface area (Å²) in [6, 6.07) is 13.8. The van der Waals surface area contributed by atoms with Gasteiger partial charge in [-0.1, -0.05) is 22.0 Å². The Labute approximate surface area is 155 Å². The number of benzene rings is 2. The molecule has 0 fully saturated rings. The Hall–Kier alpha value is -2.34. The van der Waals surface area contributed by atoms with Crippen molar-refractivity contribution in [3.8, 4) is 5.75 Å². The molecule has 0 heterocycles. The van der Waals surface area contributed by atoms with E-state index in [1.807, 2.05) is 12.1 Å². The number of carbonyl (C=O) groups is 2. The molecule has 0 saturated heterocycles. The van der Waals surface area contributed by atoms with Crippen LogP contribution in [0.3, 0.4) is 0 Å². The number of esters is 1. The summed E-state index contributed by atoms with van der Waals surface area (Å²) in [5, 5.41) is 2.76. The normalized spacial score (nSPS) is 11.7. The molecule has 1 atom stereocenters. The van der Waals surface area contributed by atoms with Gasteiger partial charge in [-0.3, -0.25) is 4.79 Å². The molecule has 5 nitrogen and oxygen atoms in total. The first kappa shape index (κ1) is 19.0. The van der Waals surface area contributed by atoms with Crippen LogP contribution in [-0.4, -0.2) is 24.1 Å². The zero-order chi connectivity index (χ0) is 18.4. The van der Waals surface area contributed by atoms with Crippen LogP contribution in [0.1, 0.15) is 31.1 Å². The minimum absolute atomic E-state index is 0.178. The van der Waals surface area contributed by atoms with Gasteiger partial charge in [-0.2, -0.15) is 0 Å². The molecule has 0 radical (unpaired) electrons. The number of carbonyl (C=O) groups excluding carboxylic acids is 2. The third kappa shape index (κ3) is 5.90. The van der Waals surface area contributed by atoms with Crippen LogP contribution in [0.25, 0.3) is 0 Å². The van der Waals surface area contributed by atoms with Crippen molar-refractivity contribution in [3.63, 3.8) is 0 Å². The summed E-state index contributed by atoms with van der Waals surface area (Å²) in [4.78, 5) is 24.0. The van der Waals surface area contributed by atoms with Gasteiger partial charge in [-0.15, -0.1) is 0 Å². The maximum Gasteiger partial charge on any atom is 0.338 e. The Kier molecular flexibility index (Phi) is 6.58. The minimum Gasteiger partial charge on any atom is -0.481 e. The Balaban J connectivity index is 1.94. The van der Waals surface area contributed by atoms with E-state index < -0.39 is 6.10 Å². The van der Waals surface area contributed by atoms with Crippen molar-refractivity contribution in [2.24, 2.45) is 0 Å². The zero-order valence-electron chi connectivity index (χ0n) is 14.3. The van der Waals surface area contributed by atoms with Gasteiger partial charge < -0.3 is 14.8 Å². The van der Waals surface area contributed by atoms with E-state index in [0.717, 1.165) is 4.47 Å². The SMILES string of the molecule is CC(C)OC(=O)c1ccc(NC(=O)[C@H](C)Oc2cccc(Br)c2)cc1. The summed E-state index contributed by atoms with van der Waals surface area (Å²) in [5.74, 6) is -0.0690. The van der Waals surface area contributed by atoms with Crippen LogP contribution in [-0.2, 0) is 9.53 Å². The van der Waals surface area contributed by atoms with Crippen molar-refractivity contribution in [3.05, 3.63) is 58.6 Å². The maximum atomic E-state index is 12.2. The van der Waals surface area contributed by atoms with Crippen molar-refractivity contribution in [2.75, 3.05) is 5.32 Å². The van der Waals surface area contributed by atoms with E-state index in [2.05, 4.69) is 21.2 Å². The molecular weight excluding hydrogens is 386 g/mol. The van der Waals surface area contributed by atoms with E-state index in [1.165, 1.54) is 0 Å². The molecule has 0 aliphatic rings. The molecule has 1 amide bonds. The smallest absolute Gasteiger partial charge is 0.338 e. The lowest BCUT2D eigenvalue weighted by Crippen LogP contribution is -2.30. The summed E-state index contributed by atoms with van der Waals surface area (Å²) in [5.41, 5.74) is 1.01. The number of nitrogens with one attached hydrogen (secondary N) is 1. The van der Waals surface area contributed by atoms with Gasteiger partial charge in [-0.25, -0.2) is 4.79 Å². The van der Waals surface area contributed by atoms with Gasteiger partial charge in [0.15, 0.2) is 6.10 Å². The minimum atomic E-state index is -0.667. The van der Waals surface area contributed by atoms with Crippen molar-refractivity contribution >= 4 is 33.5 Å². The Morgan fingerprint density at radius 2 is 1.72 bits per heavy atom. The number of hydrogen-bond acceptors (Lipinski definition) is 4. The first-order chi connectivity index (χ1) is 11.8. The first-order valence-electron chi connectivity index (χ1n) is 7.89. The average molecular weight is 406 g/mol. The number of halogens is 1. The molecule has 0 aliphatic heterocycles. The van der Waals surface area contributed by atoms with Gasteiger partial charge in [0.25, 0.3) is 5.91 Å². The quantitative estimate of drug-likeness (QED) is 0.722. The van der Waals surface area contributed by atoms with Crippen molar-refractivity contribution in [1.82, 2.24) is 0 Å². The van der Waals surface area contributed by atoms with Crippen molar-refractivity contribution < 1.29 is 19.1 Å². The first-order valence-corrected chi connectivity index (χ1v) is 8.68. The fourth-order valence-electron chi connectivity index (χ4n) is 2.01. The molecule has 0 aromatic heterocycles. The predicted molar refractivity (Wildman–Crippen MR) is 99.9 cm³/mol. The van der Waals surface area contributed by atoms with E-state index in [-0.39, 0.29) is 18.0 Å². The van der Waals surface area contributed by atoms with E-state index >= 15 is 0 Å². The van der Waals surface area contributed by atoms with Crippen LogP contribution in [0, 0.1) is 0 Å². The lowest BCUT2D eigenvalue weighted by molar-refractivity contribution is -0.122. The van der Waals surface area contributed by atoms with Crippen molar-refractivity contribution in [2.45, 2.75) is 33.0 Å². The van der Waals surface area contributed by atoms with Crippen LogP contribution in [0.15, 0.2) is 53.0 Å². The fraction of sp³-hybridized carbons (Fsp3) is 0.263. The van der Waals surface area contributed by atoms with Crippen LogP contribution < -0.4 is 10.1 Å². The summed E-state index contributed by atoms with van der Waals surface area (Å²) in [7, 11) is 0. The summed E-state index contributed by atoms with van der Waals surface area (Å²) in [6.07, 6.45) is -0.845. The molecule has 0 spiro atoms. The highest BCUT2D eigenvalue weighted by Crippen LogP contribution is 2.19. The van der Waals surface area contributed by atoms with E-state index in [0.29, 0.717) is 17.0 Å². The highest BCUT2D eigenvalue weighted by atomic mass is 79.9. The van der Waals surface area contributed by atoms with Gasteiger partial charge in [0, 0.05) is 10.2 Å². The zero-order valence-corrected chi connectivity index (χ0v) is 15.9. The second-order valence-corrected chi connectivity index (χ2v) is 6.65. The monoisotopic (exact) mass is 405 g/mol. The van der Waals surface area contributed by atoms with Crippen LogP contribution >= 0.6 is 15.9 Å². The average Bonchev–Trinajstić information content (AvgIpc) is 2.54. The van der Waals surface area contributed by atoms with Crippen LogP contribution in [0.2, 0.25) is 0 Å².